The van der Waals surface area contributed by atoms with E-state index in [1.807, 2.05) is 45.0 Å². The van der Waals surface area contributed by atoms with Crippen LogP contribution in [0.5, 0.6) is 5.75 Å². The number of hydrogen-bond acceptors (Lipinski definition) is 4. The molecule has 33 heavy (non-hydrogen) atoms. The number of thioether (sulfide) groups is 1. The summed E-state index contributed by atoms with van der Waals surface area (Å²) in [7, 11) is 1.63. The lowest BCUT2D eigenvalue weighted by Crippen LogP contribution is -2.51. The summed E-state index contributed by atoms with van der Waals surface area (Å²) in [5, 5.41) is 4.01. The van der Waals surface area contributed by atoms with E-state index in [0.29, 0.717) is 22.2 Å². The Hall–Kier alpha value is -1.89. The molecule has 0 aliphatic rings. The monoisotopic (exact) mass is 510 g/mol. The molecule has 2 amide bonds. The van der Waals surface area contributed by atoms with Gasteiger partial charge >= 0.3 is 0 Å². The first-order valence-electron chi connectivity index (χ1n) is 11.0. The Balaban J connectivity index is 2.16. The average molecular weight is 512 g/mol. The fourth-order valence-corrected chi connectivity index (χ4v) is 4.59. The number of methoxy groups -OCH3 is 1. The van der Waals surface area contributed by atoms with Crippen LogP contribution in [0.3, 0.4) is 0 Å². The normalized spacial score (nSPS) is 12.7. The molecule has 1 N–H and O–H groups in total. The standard InChI is InChI=1S/C25H32Cl2N2O3S/c1-5-17(3)28-25(31)23(6-2)29(14-19-9-10-20(26)13-22(19)27)24(30)16-33-15-18-7-11-21(32-4)12-8-18/h7-13,17,23H,5-6,14-16H2,1-4H3,(H,28,31). The van der Waals surface area contributed by atoms with Crippen LogP contribution in [-0.2, 0) is 21.9 Å². The molecule has 2 atom stereocenters. The molecule has 2 aromatic carbocycles. The molecule has 0 aromatic heterocycles. The minimum absolute atomic E-state index is 0.0343. The van der Waals surface area contributed by atoms with Gasteiger partial charge in [0, 0.05) is 28.4 Å². The maximum absolute atomic E-state index is 13.3. The summed E-state index contributed by atoms with van der Waals surface area (Å²) in [6, 6.07) is 12.4. The van der Waals surface area contributed by atoms with Crippen molar-refractivity contribution in [3.63, 3.8) is 0 Å². The van der Waals surface area contributed by atoms with Crippen LogP contribution in [0.25, 0.3) is 0 Å². The second-order valence-corrected chi connectivity index (χ2v) is 9.67. The van der Waals surface area contributed by atoms with Crippen molar-refractivity contribution in [2.45, 2.75) is 58.0 Å². The van der Waals surface area contributed by atoms with Gasteiger partial charge in [-0.15, -0.1) is 11.8 Å². The molecular weight excluding hydrogens is 479 g/mol. The number of ether oxygens (including phenoxy) is 1. The van der Waals surface area contributed by atoms with Gasteiger partial charge in [-0.3, -0.25) is 9.59 Å². The lowest BCUT2D eigenvalue weighted by Gasteiger charge is -2.31. The van der Waals surface area contributed by atoms with E-state index in [1.54, 1.807) is 30.2 Å². The average Bonchev–Trinajstić information content (AvgIpc) is 2.80. The van der Waals surface area contributed by atoms with Gasteiger partial charge in [-0.2, -0.15) is 0 Å². The second-order valence-electron chi connectivity index (χ2n) is 7.84. The Kier molecular flexibility index (Phi) is 11.4. The van der Waals surface area contributed by atoms with Crippen molar-refractivity contribution in [3.8, 4) is 5.75 Å². The number of carbonyl (C=O) groups excluding carboxylic acids is 2. The maximum Gasteiger partial charge on any atom is 0.243 e. The van der Waals surface area contributed by atoms with E-state index in [4.69, 9.17) is 27.9 Å². The van der Waals surface area contributed by atoms with Gasteiger partial charge in [0.2, 0.25) is 11.8 Å². The zero-order chi connectivity index (χ0) is 24.4. The maximum atomic E-state index is 13.3. The number of hydrogen-bond donors (Lipinski definition) is 1. The number of nitrogens with zero attached hydrogens (tertiary/aromatic N) is 1. The summed E-state index contributed by atoms with van der Waals surface area (Å²) in [4.78, 5) is 27.9. The van der Waals surface area contributed by atoms with Crippen LogP contribution < -0.4 is 10.1 Å². The largest absolute Gasteiger partial charge is 0.497 e. The molecular formula is C25H32Cl2N2O3S. The molecule has 8 heteroatoms. The molecule has 180 valence electrons. The molecule has 0 heterocycles. The van der Waals surface area contributed by atoms with Crippen LogP contribution in [0, 0.1) is 0 Å². The molecule has 0 aliphatic heterocycles. The minimum atomic E-state index is -0.583. The molecule has 5 nitrogen and oxygen atoms in total. The van der Waals surface area contributed by atoms with Gasteiger partial charge in [0.05, 0.1) is 12.9 Å². The molecule has 0 saturated heterocycles. The van der Waals surface area contributed by atoms with Crippen LogP contribution in [0.1, 0.15) is 44.7 Å². The van der Waals surface area contributed by atoms with Crippen LogP contribution in [0.4, 0.5) is 0 Å². The van der Waals surface area contributed by atoms with Crippen molar-refractivity contribution in [3.05, 3.63) is 63.6 Å². The molecule has 2 rings (SSSR count). The summed E-state index contributed by atoms with van der Waals surface area (Å²) in [6.45, 7) is 6.12. The highest BCUT2D eigenvalue weighted by Crippen LogP contribution is 2.25. The first kappa shape index (κ1) is 27.4. The first-order chi connectivity index (χ1) is 15.8. The highest BCUT2D eigenvalue weighted by Gasteiger charge is 2.29. The molecule has 2 aromatic rings. The van der Waals surface area contributed by atoms with Crippen molar-refractivity contribution in [2.75, 3.05) is 12.9 Å². The van der Waals surface area contributed by atoms with E-state index in [-0.39, 0.29) is 30.2 Å². The van der Waals surface area contributed by atoms with Crippen molar-refractivity contribution < 1.29 is 14.3 Å². The Bertz CT molecular complexity index is 924. The quantitative estimate of drug-likeness (QED) is 0.382. The van der Waals surface area contributed by atoms with Crippen molar-refractivity contribution in [2.24, 2.45) is 0 Å². The second kappa shape index (κ2) is 13.7. The smallest absolute Gasteiger partial charge is 0.243 e. The van der Waals surface area contributed by atoms with E-state index in [9.17, 15) is 9.59 Å². The predicted molar refractivity (Wildman–Crippen MR) is 138 cm³/mol. The molecule has 0 saturated carbocycles. The summed E-state index contributed by atoms with van der Waals surface area (Å²) >= 11 is 13.9. The fraction of sp³-hybridized carbons (Fsp3) is 0.440. The minimum Gasteiger partial charge on any atom is -0.497 e. The Labute approximate surface area is 211 Å². The van der Waals surface area contributed by atoms with Gasteiger partial charge in [0.15, 0.2) is 0 Å². The third-order valence-electron chi connectivity index (χ3n) is 5.40. The van der Waals surface area contributed by atoms with Crippen LogP contribution >= 0.6 is 35.0 Å². The molecule has 0 fully saturated rings. The van der Waals surface area contributed by atoms with Crippen LogP contribution in [-0.4, -0.2) is 41.7 Å². The molecule has 2 unspecified atom stereocenters. The molecule has 0 radical (unpaired) electrons. The van der Waals surface area contributed by atoms with Gasteiger partial charge in [-0.05, 0) is 55.2 Å². The summed E-state index contributed by atoms with van der Waals surface area (Å²) in [5.41, 5.74) is 1.85. The van der Waals surface area contributed by atoms with E-state index >= 15 is 0 Å². The van der Waals surface area contributed by atoms with Gasteiger partial charge in [0.25, 0.3) is 0 Å². The van der Waals surface area contributed by atoms with Crippen LogP contribution in [0.2, 0.25) is 10.0 Å². The lowest BCUT2D eigenvalue weighted by molar-refractivity contribution is -0.139. The number of benzene rings is 2. The van der Waals surface area contributed by atoms with Crippen molar-refractivity contribution in [1.82, 2.24) is 10.2 Å². The van der Waals surface area contributed by atoms with Crippen LogP contribution in [0.15, 0.2) is 42.5 Å². The zero-order valence-corrected chi connectivity index (χ0v) is 21.9. The first-order valence-corrected chi connectivity index (χ1v) is 12.9. The Morgan fingerprint density at radius 2 is 1.79 bits per heavy atom. The number of amides is 2. The fourth-order valence-electron chi connectivity index (χ4n) is 3.25. The third kappa shape index (κ3) is 8.43. The third-order valence-corrected chi connectivity index (χ3v) is 6.97. The van der Waals surface area contributed by atoms with Gasteiger partial charge in [0.1, 0.15) is 11.8 Å². The van der Waals surface area contributed by atoms with E-state index in [1.165, 1.54) is 11.8 Å². The Morgan fingerprint density at radius 1 is 1.09 bits per heavy atom. The van der Waals surface area contributed by atoms with E-state index in [0.717, 1.165) is 23.3 Å². The lowest BCUT2D eigenvalue weighted by atomic mass is 10.1. The topological polar surface area (TPSA) is 58.6 Å². The summed E-state index contributed by atoms with van der Waals surface area (Å²) in [6.07, 6.45) is 1.32. The number of halogens is 2. The molecule has 0 bridgehead atoms. The Morgan fingerprint density at radius 3 is 2.36 bits per heavy atom. The molecule has 0 aliphatic carbocycles. The van der Waals surface area contributed by atoms with Gasteiger partial charge < -0.3 is 15.0 Å². The van der Waals surface area contributed by atoms with Gasteiger partial charge in [-0.1, -0.05) is 55.2 Å². The highest BCUT2D eigenvalue weighted by molar-refractivity contribution is 7.99. The summed E-state index contributed by atoms with van der Waals surface area (Å²) in [5.74, 6) is 1.48. The molecule has 0 spiro atoms. The zero-order valence-electron chi connectivity index (χ0n) is 19.6. The van der Waals surface area contributed by atoms with E-state index in [2.05, 4.69) is 5.32 Å². The van der Waals surface area contributed by atoms with Crippen molar-refractivity contribution >= 4 is 46.8 Å². The van der Waals surface area contributed by atoms with Gasteiger partial charge in [-0.25, -0.2) is 0 Å². The number of nitrogens with one attached hydrogen (secondary N) is 1. The van der Waals surface area contributed by atoms with E-state index < -0.39 is 6.04 Å². The predicted octanol–water partition coefficient (Wildman–Crippen LogP) is 5.96. The summed E-state index contributed by atoms with van der Waals surface area (Å²) < 4.78 is 5.19. The van der Waals surface area contributed by atoms with Crippen molar-refractivity contribution in [1.29, 1.82) is 0 Å². The SMILES string of the molecule is CCC(C)NC(=O)C(CC)N(Cc1ccc(Cl)cc1Cl)C(=O)CSCc1ccc(OC)cc1. The number of rotatable bonds is 12. The highest BCUT2D eigenvalue weighted by atomic mass is 35.5. The number of carbonyl (C=O) groups is 2.